The summed E-state index contributed by atoms with van der Waals surface area (Å²) in [5, 5.41) is 0. The first-order chi connectivity index (χ1) is 10.0. The Morgan fingerprint density at radius 2 is 2.00 bits per heavy atom. The van der Waals surface area contributed by atoms with Crippen LogP contribution in [-0.4, -0.2) is 22.4 Å². The first-order valence-electron chi connectivity index (χ1n) is 6.96. The third-order valence-electron chi connectivity index (χ3n) is 3.28. The van der Waals surface area contributed by atoms with Crippen molar-refractivity contribution in [2.45, 2.75) is 26.4 Å². The maximum atomic E-state index is 12.6. The molecule has 0 saturated heterocycles. The van der Waals surface area contributed by atoms with Gasteiger partial charge in [0.25, 0.3) is 5.91 Å². The van der Waals surface area contributed by atoms with Gasteiger partial charge < -0.3 is 15.2 Å². The Morgan fingerprint density at radius 1 is 1.33 bits per heavy atom. The van der Waals surface area contributed by atoms with E-state index >= 15 is 0 Å². The lowest BCUT2D eigenvalue weighted by Crippen LogP contribution is -2.28. The van der Waals surface area contributed by atoms with Crippen LogP contribution in [0.5, 0.6) is 0 Å². The molecular weight excluding hydrogens is 330 g/mol. The minimum atomic E-state index is -0.0110. The predicted octanol–water partition coefficient (Wildman–Crippen LogP) is 3.52. The van der Waals surface area contributed by atoms with Gasteiger partial charge in [0.1, 0.15) is 5.69 Å². The van der Waals surface area contributed by atoms with E-state index in [9.17, 15) is 4.79 Å². The number of amides is 1. The molecule has 112 valence electrons. The van der Waals surface area contributed by atoms with Gasteiger partial charge >= 0.3 is 0 Å². The molecule has 4 nitrogen and oxygen atoms in total. The van der Waals surface area contributed by atoms with E-state index in [-0.39, 0.29) is 5.91 Å². The maximum Gasteiger partial charge on any atom is 0.270 e. The van der Waals surface area contributed by atoms with Crippen LogP contribution in [0.1, 0.15) is 29.4 Å². The fourth-order valence-electron chi connectivity index (χ4n) is 2.27. The summed E-state index contributed by atoms with van der Waals surface area (Å²) in [7, 11) is 1.81. The number of hydrogen-bond donors (Lipinski definition) is 1. The number of carbonyl (C=O) groups excluding carboxylic acids is 1. The van der Waals surface area contributed by atoms with Crippen molar-refractivity contribution in [3.63, 3.8) is 0 Å². The standard InChI is InChI=1S/C16H20BrN3O/c1-3-8-20-11-14(18)9-15(20)16(21)19(2)10-12-4-6-13(17)7-5-12/h4-7,9,11H,3,8,10,18H2,1-2H3. The fourth-order valence-corrected chi connectivity index (χ4v) is 2.53. The summed E-state index contributed by atoms with van der Waals surface area (Å²) >= 11 is 3.41. The zero-order valence-corrected chi connectivity index (χ0v) is 13.9. The average Bonchev–Trinajstić information content (AvgIpc) is 2.82. The molecule has 1 aromatic heterocycles. The molecule has 0 radical (unpaired) electrons. The number of nitrogens with two attached hydrogens (primary N) is 1. The molecule has 0 saturated carbocycles. The van der Waals surface area contributed by atoms with Gasteiger partial charge in [0.2, 0.25) is 0 Å². The topological polar surface area (TPSA) is 51.3 Å². The van der Waals surface area contributed by atoms with E-state index < -0.39 is 0 Å². The predicted molar refractivity (Wildman–Crippen MR) is 89.1 cm³/mol. The van der Waals surface area contributed by atoms with Gasteiger partial charge in [-0.2, -0.15) is 0 Å². The van der Waals surface area contributed by atoms with E-state index in [0.717, 1.165) is 23.0 Å². The normalized spacial score (nSPS) is 10.6. The number of carbonyl (C=O) groups is 1. The lowest BCUT2D eigenvalue weighted by atomic mass is 10.2. The van der Waals surface area contributed by atoms with Crippen LogP contribution in [0.2, 0.25) is 0 Å². The summed E-state index contributed by atoms with van der Waals surface area (Å²) in [5.74, 6) is -0.0110. The molecule has 0 spiro atoms. The van der Waals surface area contributed by atoms with Gasteiger partial charge in [-0.15, -0.1) is 0 Å². The van der Waals surface area contributed by atoms with Crippen LogP contribution in [0.4, 0.5) is 5.69 Å². The van der Waals surface area contributed by atoms with E-state index in [1.165, 1.54) is 0 Å². The first-order valence-corrected chi connectivity index (χ1v) is 7.76. The molecule has 0 aliphatic heterocycles. The van der Waals surface area contributed by atoms with Crippen LogP contribution < -0.4 is 5.73 Å². The zero-order valence-electron chi connectivity index (χ0n) is 12.3. The Morgan fingerprint density at radius 3 is 2.62 bits per heavy atom. The van der Waals surface area contributed by atoms with Crippen LogP contribution in [0, 0.1) is 0 Å². The van der Waals surface area contributed by atoms with Gasteiger partial charge in [-0.05, 0) is 30.2 Å². The van der Waals surface area contributed by atoms with Crippen molar-refractivity contribution in [3.8, 4) is 0 Å². The smallest absolute Gasteiger partial charge is 0.270 e. The van der Waals surface area contributed by atoms with Crippen molar-refractivity contribution in [1.82, 2.24) is 9.47 Å². The van der Waals surface area contributed by atoms with Crippen LogP contribution in [0.25, 0.3) is 0 Å². The minimum Gasteiger partial charge on any atom is -0.397 e. The second-order valence-corrected chi connectivity index (χ2v) is 6.06. The first kappa shape index (κ1) is 15.6. The summed E-state index contributed by atoms with van der Waals surface area (Å²) in [6, 6.07) is 9.72. The number of benzene rings is 1. The molecule has 0 bridgehead atoms. The fraction of sp³-hybridized carbons (Fsp3) is 0.312. The van der Waals surface area contributed by atoms with Crippen LogP contribution in [0.15, 0.2) is 41.0 Å². The molecule has 2 aromatic rings. The number of aromatic nitrogens is 1. The Labute approximate surface area is 133 Å². The van der Waals surface area contributed by atoms with Gasteiger partial charge in [-0.1, -0.05) is 35.0 Å². The number of nitrogens with zero attached hydrogens (tertiary/aromatic N) is 2. The molecule has 1 heterocycles. The molecule has 5 heteroatoms. The van der Waals surface area contributed by atoms with Crippen LogP contribution in [-0.2, 0) is 13.1 Å². The molecule has 0 atom stereocenters. The maximum absolute atomic E-state index is 12.6. The third kappa shape index (κ3) is 3.88. The minimum absolute atomic E-state index is 0.0110. The van der Waals surface area contributed by atoms with Crippen molar-refractivity contribution < 1.29 is 4.79 Å². The van der Waals surface area contributed by atoms with Crippen molar-refractivity contribution in [2.24, 2.45) is 0 Å². The largest absolute Gasteiger partial charge is 0.397 e. The van der Waals surface area contributed by atoms with Crippen molar-refractivity contribution >= 4 is 27.5 Å². The Balaban J connectivity index is 2.13. The molecule has 1 aromatic carbocycles. The van der Waals surface area contributed by atoms with Gasteiger partial charge in [-0.25, -0.2) is 0 Å². The van der Waals surface area contributed by atoms with Gasteiger partial charge in [0.05, 0.1) is 5.69 Å². The molecule has 0 aliphatic rings. The number of rotatable bonds is 5. The number of nitrogen functional groups attached to an aromatic ring is 1. The van der Waals surface area contributed by atoms with Crippen LogP contribution >= 0.6 is 15.9 Å². The second kappa shape index (κ2) is 6.80. The van der Waals surface area contributed by atoms with Crippen LogP contribution in [0.3, 0.4) is 0 Å². The van der Waals surface area contributed by atoms with Gasteiger partial charge in [-0.3, -0.25) is 4.79 Å². The molecule has 2 rings (SSSR count). The van der Waals surface area contributed by atoms with Crippen molar-refractivity contribution in [3.05, 3.63) is 52.3 Å². The summed E-state index contributed by atoms with van der Waals surface area (Å²) in [6.07, 6.45) is 2.79. The summed E-state index contributed by atoms with van der Waals surface area (Å²) in [6.45, 7) is 3.45. The molecule has 2 N–H and O–H groups in total. The van der Waals surface area contributed by atoms with E-state index in [1.54, 1.807) is 11.0 Å². The molecule has 1 amide bonds. The Hall–Kier alpha value is -1.75. The Bertz CT molecular complexity index is 619. The number of halogens is 1. The summed E-state index contributed by atoms with van der Waals surface area (Å²) in [4.78, 5) is 14.3. The summed E-state index contributed by atoms with van der Waals surface area (Å²) < 4.78 is 2.96. The molecule has 0 aliphatic carbocycles. The molecule has 0 unspecified atom stereocenters. The highest BCUT2D eigenvalue weighted by Gasteiger charge is 2.17. The molecular formula is C16H20BrN3O. The highest BCUT2D eigenvalue weighted by Crippen LogP contribution is 2.16. The number of hydrogen-bond acceptors (Lipinski definition) is 2. The van der Waals surface area contributed by atoms with E-state index in [1.807, 2.05) is 42.1 Å². The zero-order chi connectivity index (χ0) is 15.4. The average molecular weight is 350 g/mol. The highest BCUT2D eigenvalue weighted by molar-refractivity contribution is 9.10. The van der Waals surface area contributed by atoms with E-state index in [2.05, 4.69) is 22.9 Å². The van der Waals surface area contributed by atoms with Crippen molar-refractivity contribution in [1.29, 1.82) is 0 Å². The van der Waals surface area contributed by atoms with Crippen molar-refractivity contribution in [2.75, 3.05) is 12.8 Å². The third-order valence-corrected chi connectivity index (χ3v) is 3.81. The molecule has 21 heavy (non-hydrogen) atoms. The lowest BCUT2D eigenvalue weighted by Gasteiger charge is -2.18. The second-order valence-electron chi connectivity index (χ2n) is 5.14. The van der Waals surface area contributed by atoms with E-state index in [0.29, 0.717) is 17.9 Å². The quantitative estimate of drug-likeness (QED) is 0.897. The SMILES string of the molecule is CCCn1cc(N)cc1C(=O)N(C)Cc1ccc(Br)cc1. The van der Waals surface area contributed by atoms with E-state index in [4.69, 9.17) is 5.73 Å². The number of anilines is 1. The highest BCUT2D eigenvalue weighted by atomic mass is 79.9. The Kier molecular flexibility index (Phi) is 5.07. The number of aryl methyl sites for hydroxylation is 1. The summed E-state index contributed by atoms with van der Waals surface area (Å²) in [5.41, 5.74) is 8.19. The lowest BCUT2D eigenvalue weighted by molar-refractivity contribution is 0.0774. The van der Waals surface area contributed by atoms with Gasteiger partial charge in [0, 0.05) is 30.8 Å². The molecule has 0 fully saturated rings. The van der Waals surface area contributed by atoms with Gasteiger partial charge in [0.15, 0.2) is 0 Å². The monoisotopic (exact) mass is 349 g/mol.